The molecule has 0 saturated heterocycles. The maximum atomic E-state index is 6.07. The first kappa shape index (κ1) is 21.4. The normalized spacial score (nSPS) is 13.2. The summed E-state index contributed by atoms with van der Waals surface area (Å²) in [5, 5.41) is 0. The molecule has 0 unspecified atom stereocenters. The number of ether oxygens (including phenoxy) is 1. The van der Waals surface area contributed by atoms with Gasteiger partial charge in [0.2, 0.25) is 0 Å². The molecule has 2 aromatic carbocycles. The van der Waals surface area contributed by atoms with Crippen LogP contribution < -0.4 is 5.48 Å². The van der Waals surface area contributed by atoms with Crippen LogP contribution in [0.25, 0.3) is 0 Å². The minimum Gasteiger partial charge on any atom is -0.377 e. The van der Waals surface area contributed by atoms with E-state index in [2.05, 4.69) is 55.4 Å². The van der Waals surface area contributed by atoms with Crippen molar-refractivity contribution in [1.29, 1.82) is 0 Å². The summed E-state index contributed by atoms with van der Waals surface area (Å²) in [6.07, 6.45) is 6.98. The smallest absolute Gasteiger partial charge is 0.104 e. The van der Waals surface area contributed by atoms with Crippen LogP contribution in [0.3, 0.4) is 0 Å². The largest absolute Gasteiger partial charge is 0.377 e. The molecule has 0 aliphatic carbocycles. The highest BCUT2D eigenvalue weighted by molar-refractivity contribution is 5.17. The molecular weight excluding hydrogens is 334 g/mol. The molecule has 0 radical (unpaired) electrons. The second kappa shape index (κ2) is 13.3. The Hall–Kier alpha value is -1.94. The summed E-state index contributed by atoms with van der Waals surface area (Å²) in [6, 6.07) is 21.0. The van der Waals surface area contributed by atoms with Crippen molar-refractivity contribution in [3.8, 4) is 0 Å². The van der Waals surface area contributed by atoms with Gasteiger partial charge in [0.25, 0.3) is 0 Å². The van der Waals surface area contributed by atoms with E-state index in [1.807, 2.05) is 30.3 Å². The molecule has 0 saturated carbocycles. The van der Waals surface area contributed by atoms with Crippen LogP contribution in [0.5, 0.6) is 0 Å². The lowest BCUT2D eigenvalue weighted by atomic mass is 10.1. The van der Waals surface area contributed by atoms with Gasteiger partial charge >= 0.3 is 0 Å². The Labute approximate surface area is 164 Å². The SMILES string of the molecule is C=CC[C@@H](CCCOCc1ccccc1)NO[C@@H](CCC)c1ccccc1. The average Bonchev–Trinajstić information content (AvgIpc) is 2.72. The number of hydroxylamine groups is 1. The highest BCUT2D eigenvalue weighted by Crippen LogP contribution is 2.22. The summed E-state index contributed by atoms with van der Waals surface area (Å²) < 4.78 is 5.79. The molecule has 0 aliphatic rings. The maximum Gasteiger partial charge on any atom is 0.104 e. The van der Waals surface area contributed by atoms with E-state index in [-0.39, 0.29) is 12.1 Å². The zero-order chi connectivity index (χ0) is 19.2. The van der Waals surface area contributed by atoms with Gasteiger partial charge < -0.3 is 4.74 Å². The number of rotatable bonds is 14. The Kier molecular flexibility index (Phi) is 10.5. The van der Waals surface area contributed by atoms with E-state index in [1.165, 1.54) is 11.1 Å². The predicted octanol–water partition coefficient (Wildman–Crippen LogP) is 5.99. The Balaban J connectivity index is 1.72. The van der Waals surface area contributed by atoms with Crippen LogP contribution in [-0.2, 0) is 16.2 Å². The van der Waals surface area contributed by atoms with E-state index in [0.717, 1.165) is 38.7 Å². The molecule has 0 heterocycles. The molecule has 0 aliphatic heterocycles. The zero-order valence-electron chi connectivity index (χ0n) is 16.5. The lowest BCUT2D eigenvalue weighted by molar-refractivity contribution is -0.0520. The van der Waals surface area contributed by atoms with E-state index in [4.69, 9.17) is 9.57 Å². The van der Waals surface area contributed by atoms with Gasteiger partial charge in [0.05, 0.1) is 6.61 Å². The number of hydrogen-bond donors (Lipinski definition) is 1. The number of hydrogen-bond acceptors (Lipinski definition) is 3. The zero-order valence-corrected chi connectivity index (χ0v) is 16.5. The van der Waals surface area contributed by atoms with Crippen LogP contribution in [0.15, 0.2) is 73.3 Å². The first-order valence-electron chi connectivity index (χ1n) is 10.0. The van der Waals surface area contributed by atoms with Gasteiger partial charge in [0.1, 0.15) is 6.10 Å². The maximum absolute atomic E-state index is 6.07. The minimum atomic E-state index is 0.0813. The number of benzene rings is 2. The van der Waals surface area contributed by atoms with Gasteiger partial charge in [-0.05, 0) is 36.8 Å². The molecule has 3 heteroatoms. The Morgan fingerprint density at radius 2 is 1.70 bits per heavy atom. The second-order valence-electron chi connectivity index (χ2n) is 6.83. The Bertz CT molecular complexity index is 615. The molecule has 0 aromatic heterocycles. The standard InChI is InChI=1S/C24H33NO2/c1-3-12-23(18-11-19-26-20-21-14-7-5-8-15-21)25-27-24(13-4-2)22-16-9-6-10-17-22/h3,5-10,14-17,23-25H,1,4,11-13,18-20H2,2H3/t23-,24-/m0/s1. The van der Waals surface area contributed by atoms with Crippen LogP contribution in [0.4, 0.5) is 0 Å². The molecule has 0 fully saturated rings. The lowest BCUT2D eigenvalue weighted by Gasteiger charge is -2.23. The Morgan fingerprint density at radius 3 is 2.37 bits per heavy atom. The topological polar surface area (TPSA) is 30.5 Å². The fourth-order valence-corrected chi connectivity index (χ4v) is 3.02. The van der Waals surface area contributed by atoms with Crippen LogP contribution in [0.2, 0.25) is 0 Å². The van der Waals surface area contributed by atoms with Gasteiger partial charge in [0, 0.05) is 12.6 Å². The first-order valence-corrected chi connectivity index (χ1v) is 10.0. The van der Waals surface area contributed by atoms with Gasteiger partial charge in [-0.3, -0.25) is 4.84 Å². The monoisotopic (exact) mass is 367 g/mol. The van der Waals surface area contributed by atoms with E-state index in [9.17, 15) is 0 Å². The lowest BCUT2D eigenvalue weighted by Crippen LogP contribution is -2.30. The van der Waals surface area contributed by atoms with Crippen molar-refractivity contribution < 1.29 is 9.57 Å². The predicted molar refractivity (Wildman–Crippen MR) is 112 cm³/mol. The van der Waals surface area contributed by atoms with Crippen molar-refractivity contribution in [2.45, 2.75) is 57.8 Å². The van der Waals surface area contributed by atoms with Crippen molar-refractivity contribution >= 4 is 0 Å². The van der Waals surface area contributed by atoms with E-state index < -0.39 is 0 Å². The summed E-state index contributed by atoms with van der Waals surface area (Å²) >= 11 is 0. The molecule has 27 heavy (non-hydrogen) atoms. The van der Waals surface area contributed by atoms with Crippen LogP contribution in [0.1, 0.15) is 56.3 Å². The molecule has 0 spiro atoms. The summed E-state index contributed by atoms with van der Waals surface area (Å²) in [5.74, 6) is 0. The van der Waals surface area contributed by atoms with Crippen molar-refractivity contribution in [2.75, 3.05) is 6.61 Å². The summed E-state index contributed by atoms with van der Waals surface area (Å²) in [4.78, 5) is 6.07. The minimum absolute atomic E-state index is 0.0813. The van der Waals surface area contributed by atoms with Gasteiger partial charge in [-0.25, -0.2) is 0 Å². The first-order chi connectivity index (χ1) is 13.3. The molecule has 0 amide bonds. The molecule has 2 aromatic rings. The molecule has 1 N–H and O–H groups in total. The van der Waals surface area contributed by atoms with E-state index in [1.54, 1.807) is 0 Å². The van der Waals surface area contributed by atoms with Crippen LogP contribution in [0, 0.1) is 0 Å². The fraction of sp³-hybridized carbons (Fsp3) is 0.417. The Morgan fingerprint density at radius 1 is 1.00 bits per heavy atom. The fourth-order valence-electron chi connectivity index (χ4n) is 3.02. The second-order valence-corrected chi connectivity index (χ2v) is 6.83. The van der Waals surface area contributed by atoms with Crippen LogP contribution >= 0.6 is 0 Å². The average molecular weight is 368 g/mol. The third kappa shape index (κ3) is 8.53. The van der Waals surface area contributed by atoms with E-state index in [0.29, 0.717) is 6.61 Å². The summed E-state index contributed by atoms with van der Waals surface area (Å²) in [6.45, 7) is 7.49. The quantitative estimate of drug-likeness (QED) is 0.253. The molecule has 2 rings (SSSR count). The van der Waals surface area contributed by atoms with Crippen molar-refractivity contribution in [1.82, 2.24) is 5.48 Å². The highest BCUT2D eigenvalue weighted by atomic mass is 16.7. The third-order valence-electron chi connectivity index (χ3n) is 4.50. The van der Waals surface area contributed by atoms with Gasteiger partial charge in [-0.1, -0.05) is 80.1 Å². The van der Waals surface area contributed by atoms with Gasteiger partial charge in [-0.2, -0.15) is 5.48 Å². The van der Waals surface area contributed by atoms with E-state index >= 15 is 0 Å². The molecule has 146 valence electrons. The molecule has 3 nitrogen and oxygen atoms in total. The van der Waals surface area contributed by atoms with Crippen LogP contribution in [-0.4, -0.2) is 12.6 Å². The van der Waals surface area contributed by atoms with Crippen molar-refractivity contribution in [3.63, 3.8) is 0 Å². The summed E-state index contributed by atoms with van der Waals surface area (Å²) in [5.41, 5.74) is 5.72. The van der Waals surface area contributed by atoms with Crippen molar-refractivity contribution in [3.05, 3.63) is 84.4 Å². The molecular formula is C24H33NO2. The molecule has 2 atom stereocenters. The third-order valence-corrected chi connectivity index (χ3v) is 4.50. The van der Waals surface area contributed by atoms with Crippen molar-refractivity contribution in [2.24, 2.45) is 0 Å². The number of nitrogens with one attached hydrogen (secondary N) is 1. The molecule has 0 bridgehead atoms. The van der Waals surface area contributed by atoms with Gasteiger partial charge in [0.15, 0.2) is 0 Å². The summed E-state index contributed by atoms with van der Waals surface area (Å²) in [7, 11) is 0. The highest BCUT2D eigenvalue weighted by Gasteiger charge is 2.14. The van der Waals surface area contributed by atoms with Gasteiger partial charge in [-0.15, -0.1) is 6.58 Å².